The van der Waals surface area contributed by atoms with Gasteiger partial charge in [-0.05, 0) is 67.9 Å². The molecule has 0 bridgehead atoms. The molecule has 2 fully saturated rings. The Bertz CT molecular complexity index is 1620. The van der Waals surface area contributed by atoms with Gasteiger partial charge >= 0.3 is 18.0 Å². The molecule has 0 aromatic heterocycles. The Kier molecular flexibility index (Phi) is 8.30. The summed E-state index contributed by atoms with van der Waals surface area (Å²) >= 11 is 11.5. The topological polar surface area (TPSA) is 74.7 Å². The highest BCUT2D eigenvalue weighted by Gasteiger charge is 2.74. The van der Waals surface area contributed by atoms with Crippen LogP contribution in [0, 0.1) is 6.92 Å². The molecule has 44 heavy (non-hydrogen) atoms. The average Bonchev–Trinajstić information content (AvgIpc) is 3.35. The number of fused-ring (bicyclic) bond motifs is 3. The molecular formula is C28H27ClF7NO4S3. The van der Waals surface area contributed by atoms with Crippen molar-refractivity contribution in [2.75, 3.05) is 18.1 Å². The Labute approximate surface area is 261 Å². The number of rotatable bonds is 4. The molecule has 2 aromatic carbocycles. The van der Waals surface area contributed by atoms with Crippen LogP contribution in [0.15, 0.2) is 41.3 Å². The normalized spacial score (nSPS) is 28.0. The fourth-order valence-electron chi connectivity index (χ4n) is 6.70. The number of alkyl halides is 7. The molecule has 2 heterocycles. The first-order valence-corrected chi connectivity index (χ1v) is 17.9. The zero-order valence-electron chi connectivity index (χ0n) is 23.1. The van der Waals surface area contributed by atoms with E-state index in [0.717, 1.165) is 6.07 Å². The highest BCUT2D eigenvalue weighted by molar-refractivity contribution is 8.28. The molecule has 2 saturated heterocycles. The first-order valence-electron chi connectivity index (χ1n) is 13.6. The van der Waals surface area contributed by atoms with Crippen LogP contribution in [-0.2, 0) is 52.1 Å². The Hall–Kier alpha value is -1.81. The number of aryl methyl sites for hydroxylation is 2. The minimum atomic E-state index is -6.35. The second kappa shape index (κ2) is 10.9. The van der Waals surface area contributed by atoms with Gasteiger partial charge in [0.25, 0.3) is 5.91 Å². The molecule has 16 heteroatoms. The van der Waals surface area contributed by atoms with Crippen molar-refractivity contribution in [2.24, 2.45) is 0 Å². The number of amides is 1. The minimum absolute atomic E-state index is 0.0718. The van der Waals surface area contributed by atoms with E-state index in [1.807, 2.05) is 0 Å². The number of sulfone groups is 1. The van der Waals surface area contributed by atoms with Crippen molar-refractivity contribution in [2.45, 2.75) is 78.3 Å². The van der Waals surface area contributed by atoms with Crippen molar-refractivity contribution < 1.29 is 49.1 Å². The minimum Gasteiger partial charge on any atom is -0.380 e. The molecule has 2 unspecified atom stereocenters. The maximum Gasteiger partial charge on any atom is 0.435 e. The molecular weight excluding hydrogens is 679 g/mol. The van der Waals surface area contributed by atoms with Gasteiger partial charge in [0, 0.05) is 28.6 Å². The Morgan fingerprint density at radius 1 is 1.02 bits per heavy atom. The molecule has 1 amide bonds. The number of likely N-dealkylation sites (tertiary alicyclic amines) is 1. The van der Waals surface area contributed by atoms with Gasteiger partial charge in [-0.2, -0.15) is 26.3 Å². The van der Waals surface area contributed by atoms with Crippen LogP contribution < -0.4 is 0 Å². The molecule has 2 atom stereocenters. The average molecular weight is 706 g/mol. The summed E-state index contributed by atoms with van der Waals surface area (Å²) in [5.74, 6) is 0.123. The third-order valence-corrected chi connectivity index (χ3v) is 14.4. The number of hydrogen-bond donors (Lipinski definition) is 1. The van der Waals surface area contributed by atoms with Gasteiger partial charge in [-0.3, -0.25) is 4.79 Å². The summed E-state index contributed by atoms with van der Waals surface area (Å²) in [7, 11) is -4.97. The van der Waals surface area contributed by atoms with Gasteiger partial charge in [-0.25, -0.2) is 12.8 Å². The van der Waals surface area contributed by atoms with Crippen molar-refractivity contribution in [3.63, 3.8) is 0 Å². The van der Waals surface area contributed by atoms with E-state index < -0.39 is 65.2 Å². The lowest BCUT2D eigenvalue weighted by Crippen LogP contribution is -2.58. The summed E-state index contributed by atoms with van der Waals surface area (Å²) in [5.41, 5.74) is -9.01. The number of carbonyl (C=O) groups excluding carboxylic acids is 1. The van der Waals surface area contributed by atoms with Crippen LogP contribution in [0.1, 0.15) is 47.9 Å². The van der Waals surface area contributed by atoms with Gasteiger partial charge < -0.3 is 10.0 Å². The largest absolute Gasteiger partial charge is 0.435 e. The van der Waals surface area contributed by atoms with Crippen molar-refractivity contribution in [3.05, 3.63) is 63.7 Å². The maximum absolute atomic E-state index is 15.0. The maximum atomic E-state index is 15.0. The summed E-state index contributed by atoms with van der Waals surface area (Å²) in [6.07, 6.45) is -13.3. The summed E-state index contributed by atoms with van der Waals surface area (Å²) in [5, 5.41) is 11.4. The zero-order chi connectivity index (χ0) is 32.7. The van der Waals surface area contributed by atoms with Gasteiger partial charge in [-0.1, -0.05) is 47.1 Å². The third-order valence-electron chi connectivity index (χ3n) is 9.14. The number of aliphatic hydroxyl groups is 1. The molecule has 1 N–H and O–H groups in total. The molecule has 2 aliphatic heterocycles. The Morgan fingerprint density at radius 3 is 2.20 bits per heavy atom. The second-order valence-corrected chi connectivity index (χ2v) is 17.2. The Balaban J connectivity index is 1.69. The molecule has 3 aliphatic rings. The predicted molar refractivity (Wildman–Crippen MR) is 153 cm³/mol. The number of benzene rings is 2. The molecule has 0 spiro atoms. The van der Waals surface area contributed by atoms with E-state index in [-0.39, 0.29) is 59.7 Å². The third kappa shape index (κ3) is 4.90. The van der Waals surface area contributed by atoms with E-state index in [1.54, 1.807) is 6.92 Å². The van der Waals surface area contributed by atoms with Gasteiger partial charge in [0.05, 0.1) is 10.9 Å². The lowest BCUT2D eigenvalue weighted by molar-refractivity contribution is -0.348. The molecule has 0 saturated carbocycles. The SMILES string of the molecule is Cc1ccc(S(=O)(=O)C23CCN(C(=O)C4(O)CCS(=S)CC4)C2CCc2cc(C(F)(C(F)(F)F)C(F)(F)F)ccc23)cc1Cl. The van der Waals surface area contributed by atoms with E-state index in [4.69, 9.17) is 22.8 Å². The smallest absolute Gasteiger partial charge is 0.380 e. The van der Waals surface area contributed by atoms with Gasteiger partial charge in [0.15, 0.2) is 9.84 Å². The van der Waals surface area contributed by atoms with Crippen molar-refractivity contribution in [3.8, 4) is 0 Å². The molecule has 2 aromatic rings. The fourth-order valence-corrected chi connectivity index (χ4v) is 11.2. The predicted octanol–water partition coefficient (Wildman–Crippen LogP) is 5.76. The molecule has 242 valence electrons. The quantitative estimate of drug-likeness (QED) is 0.410. The van der Waals surface area contributed by atoms with E-state index in [1.165, 1.54) is 23.1 Å². The van der Waals surface area contributed by atoms with E-state index in [0.29, 0.717) is 29.2 Å². The summed E-state index contributed by atoms with van der Waals surface area (Å²) in [4.78, 5) is 14.8. The summed E-state index contributed by atoms with van der Waals surface area (Å²) in [6, 6.07) is 4.33. The van der Waals surface area contributed by atoms with Gasteiger partial charge in [0.2, 0.25) is 0 Å². The highest BCUT2D eigenvalue weighted by atomic mass is 35.5. The van der Waals surface area contributed by atoms with Crippen LogP contribution in [0.3, 0.4) is 0 Å². The van der Waals surface area contributed by atoms with Crippen LogP contribution >= 0.6 is 11.6 Å². The number of halogens is 8. The van der Waals surface area contributed by atoms with Crippen molar-refractivity contribution in [1.82, 2.24) is 4.90 Å². The fraction of sp³-hybridized carbons (Fsp3) is 0.536. The Morgan fingerprint density at radius 2 is 1.64 bits per heavy atom. The molecule has 5 rings (SSSR count). The van der Waals surface area contributed by atoms with Crippen LogP contribution in [0.4, 0.5) is 30.7 Å². The lowest BCUT2D eigenvalue weighted by Gasteiger charge is -2.45. The van der Waals surface area contributed by atoms with Crippen LogP contribution in [0.25, 0.3) is 0 Å². The van der Waals surface area contributed by atoms with Gasteiger partial charge in [-0.15, -0.1) is 9.45 Å². The second-order valence-electron chi connectivity index (χ2n) is 11.5. The van der Waals surface area contributed by atoms with Crippen LogP contribution in [0.5, 0.6) is 0 Å². The number of hydrogen-bond acceptors (Lipinski definition) is 5. The monoisotopic (exact) mass is 705 g/mol. The number of nitrogens with zero attached hydrogens (tertiary/aromatic N) is 1. The molecule has 5 nitrogen and oxygen atoms in total. The van der Waals surface area contributed by atoms with E-state index >= 15 is 4.39 Å². The first-order chi connectivity index (χ1) is 20.2. The molecule has 1 aliphatic carbocycles. The van der Waals surface area contributed by atoms with Crippen LogP contribution in [-0.4, -0.2) is 66.4 Å². The zero-order valence-corrected chi connectivity index (χ0v) is 26.3. The van der Waals surface area contributed by atoms with Gasteiger partial charge in [0.1, 0.15) is 10.3 Å². The summed E-state index contributed by atoms with van der Waals surface area (Å²) < 4.78 is 124. The van der Waals surface area contributed by atoms with E-state index in [2.05, 4.69) is 0 Å². The van der Waals surface area contributed by atoms with Crippen LogP contribution in [0.2, 0.25) is 5.02 Å². The first kappa shape index (κ1) is 33.6. The lowest BCUT2D eigenvalue weighted by atomic mass is 9.76. The van der Waals surface area contributed by atoms with E-state index in [9.17, 15) is 44.7 Å². The van der Waals surface area contributed by atoms with Crippen molar-refractivity contribution in [1.29, 1.82) is 0 Å². The standard InChI is InChI=1S/C28H27ClF7NO4S3/c1-16-2-5-19(15-21(16)29)44(40,41)25-8-11-37(23(38)24(39)9-12-43(42)13-10-24)22(25)7-3-17-14-18(4-6-20(17)25)26(30,27(31,32)33)28(34,35)36/h2,4-6,14-15,22,39H,3,7-13H2,1H3. The number of carbonyl (C=O) groups is 1. The highest BCUT2D eigenvalue weighted by Crippen LogP contribution is 2.57. The van der Waals surface area contributed by atoms with Crippen molar-refractivity contribution >= 4 is 48.0 Å². The summed E-state index contributed by atoms with van der Waals surface area (Å²) in [6.45, 7) is 1.47. The molecule has 0 radical (unpaired) electrons.